The fourth-order valence-corrected chi connectivity index (χ4v) is 3.16. The first-order chi connectivity index (χ1) is 15.0. The van der Waals surface area contributed by atoms with Crippen LogP contribution in [0.1, 0.15) is 15.9 Å². The first kappa shape index (κ1) is 20.0. The Bertz CT molecular complexity index is 1280. The van der Waals surface area contributed by atoms with Crippen LogP contribution >= 0.6 is 0 Å². The van der Waals surface area contributed by atoms with E-state index in [-0.39, 0.29) is 24.0 Å². The van der Waals surface area contributed by atoms with Crippen molar-refractivity contribution in [3.63, 3.8) is 0 Å². The maximum Gasteiger partial charge on any atom is 0.295 e. The molecule has 154 valence electrons. The number of benzene rings is 2. The molecule has 2 amide bonds. The molecule has 0 saturated carbocycles. The molecular formula is C23H19N5O3. The Morgan fingerprint density at radius 3 is 2.48 bits per heavy atom. The summed E-state index contributed by atoms with van der Waals surface area (Å²) in [7, 11) is 0. The molecule has 0 aliphatic heterocycles. The summed E-state index contributed by atoms with van der Waals surface area (Å²) in [6, 6.07) is 17.6. The van der Waals surface area contributed by atoms with Gasteiger partial charge >= 0.3 is 0 Å². The molecule has 2 heterocycles. The monoisotopic (exact) mass is 413 g/mol. The number of anilines is 1. The molecule has 0 unspecified atom stereocenters. The van der Waals surface area contributed by atoms with Gasteiger partial charge in [-0.25, -0.2) is 0 Å². The predicted octanol–water partition coefficient (Wildman–Crippen LogP) is 4.61. The van der Waals surface area contributed by atoms with Crippen molar-refractivity contribution in [2.45, 2.75) is 13.5 Å². The standard InChI is InChI=1S/C23H19N5O3/c1-15-6-8-17(9-7-15)25-20(29)14-28-19-5-3-2-4-18(19)21(23(28)31)26-27-22(30)16-10-12-24-13-11-16/h2-13,31H,14H2,1H3,(H,25,29). The van der Waals surface area contributed by atoms with E-state index < -0.39 is 5.91 Å². The lowest BCUT2D eigenvalue weighted by Gasteiger charge is -2.08. The van der Waals surface area contributed by atoms with Crippen LogP contribution in [0.4, 0.5) is 11.4 Å². The Hall–Kier alpha value is -4.33. The second kappa shape index (κ2) is 8.58. The van der Waals surface area contributed by atoms with Crippen molar-refractivity contribution in [3.05, 3.63) is 84.2 Å². The van der Waals surface area contributed by atoms with Crippen LogP contribution in [-0.4, -0.2) is 26.5 Å². The highest BCUT2D eigenvalue weighted by Crippen LogP contribution is 2.38. The van der Waals surface area contributed by atoms with E-state index in [9.17, 15) is 14.7 Å². The molecule has 0 spiro atoms. The third kappa shape index (κ3) is 4.32. The molecule has 31 heavy (non-hydrogen) atoms. The SMILES string of the molecule is Cc1ccc(NC(=O)Cn2c(O)c(N=NC(=O)c3ccncc3)c3ccccc32)cc1. The first-order valence-electron chi connectivity index (χ1n) is 9.56. The zero-order valence-electron chi connectivity index (χ0n) is 16.7. The van der Waals surface area contributed by atoms with E-state index in [0.717, 1.165) is 5.56 Å². The van der Waals surface area contributed by atoms with Gasteiger partial charge in [-0.3, -0.25) is 14.6 Å². The summed E-state index contributed by atoms with van der Waals surface area (Å²) in [4.78, 5) is 28.7. The van der Waals surface area contributed by atoms with Gasteiger partial charge in [0.05, 0.1) is 5.52 Å². The number of amides is 2. The van der Waals surface area contributed by atoms with Crippen LogP contribution in [0.15, 0.2) is 83.3 Å². The molecule has 2 N–H and O–H groups in total. The number of hydrogen-bond acceptors (Lipinski definition) is 5. The van der Waals surface area contributed by atoms with Gasteiger partial charge in [-0.2, -0.15) is 0 Å². The third-order valence-corrected chi connectivity index (χ3v) is 4.72. The summed E-state index contributed by atoms with van der Waals surface area (Å²) < 4.78 is 1.43. The van der Waals surface area contributed by atoms with Gasteiger partial charge in [0.15, 0.2) is 5.69 Å². The summed E-state index contributed by atoms with van der Waals surface area (Å²) in [6.07, 6.45) is 2.97. The van der Waals surface area contributed by atoms with E-state index in [2.05, 4.69) is 20.5 Å². The van der Waals surface area contributed by atoms with Gasteiger partial charge in [-0.1, -0.05) is 35.9 Å². The summed E-state index contributed by atoms with van der Waals surface area (Å²) in [6.45, 7) is 1.83. The molecule has 0 atom stereocenters. The van der Waals surface area contributed by atoms with Gasteiger partial charge in [-0.15, -0.1) is 10.2 Å². The van der Waals surface area contributed by atoms with Crippen molar-refractivity contribution < 1.29 is 14.7 Å². The molecule has 0 bridgehead atoms. The highest BCUT2D eigenvalue weighted by molar-refractivity contribution is 5.99. The minimum absolute atomic E-state index is 0.126. The molecular weight excluding hydrogens is 394 g/mol. The average molecular weight is 413 g/mol. The smallest absolute Gasteiger partial charge is 0.295 e. The number of azo groups is 1. The summed E-state index contributed by atoms with van der Waals surface area (Å²) in [5.41, 5.74) is 2.81. The van der Waals surface area contributed by atoms with Crippen LogP contribution in [0.2, 0.25) is 0 Å². The summed E-state index contributed by atoms with van der Waals surface area (Å²) >= 11 is 0. The summed E-state index contributed by atoms with van der Waals surface area (Å²) in [5.74, 6) is -1.11. The van der Waals surface area contributed by atoms with Crippen molar-refractivity contribution in [1.29, 1.82) is 0 Å². The maximum absolute atomic E-state index is 12.6. The van der Waals surface area contributed by atoms with Crippen LogP contribution < -0.4 is 5.32 Å². The Kier molecular flexibility index (Phi) is 5.53. The van der Waals surface area contributed by atoms with E-state index >= 15 is 0 Å². The Labute approximate surface area is 177 Å². The molecule has 0 radical (unpaired) electrons. The van der Waals surface area contributed by atoms with Crippen molar-refractivity contribution >= 4 is 34.1 Å². The molecule has 4 aromatic rings. The minimum Gasteiger partial charge on any atom is -0.493 e. The number of carbonyl (C=O) groups is 2. The molecule has 4 rings (SSSR count). The number of aryl methyl sites for hydroxylation is 1. The molecule has 0 aliphatic carbocycles. The van der Waals surface area contributed by atoms with Gasteiger partial charge < -0.3 is 15.0 Å². The van der Waals surface area contributed by atoms with Crippen LogP contribution in [0, 0.1) is 6.92 Å². The van der Waals surface area contributed by atoms with Crippen LogP contribution in [-0.2, 0) is 11.3 Å². The number of nitrogens with one attached hydrogen (secondary N) is 1. The van der Waals surface area contributed by atoms with E-state index in [1.54, 1.807) is 24.3 Å². The lowest BCUT2D eigenvalue weighted by Crippen LogP contribution is -2.18. The normalized spacial score (nSPS) is 11.1. The van der Waals surface area contributed by atoms with E-state index in [0.29, 0.717) is 22.2 Å². The van der Waals surface area contributed by atoms with Gasteiger partial charge in [0.2, 0.25) is 11.8 Å². The number of carbonyl (C=O) groups excluding carboxylic acids is 2. The molecule has 0 fully saturated rings. The van der Waals surface area contributed by atoms with Gasteiger partial charge in [0.25, 0.3) is 5.91 Å². The number of para-hydroxylation sites is 1. The van der Waals surface area contributed by atoms with Gasteiger partial charge in [-0.05, 0) is 37.3 Å². The highest BCUT2D eigenvalue weighted by atomic mass is 16.3. The largest absolute Gasteiger partial charge is 0.493 e. The molecule has 0 saturated heterocycles. The Morgan fingerprint density at radius 1 is 1.03 bits per heavy atom. The average Bonchev–Trinajstić information content (AvgIpc) is 3.05. The van der Waals surface area contributed by atoms with Crippen molar-refractivity contribution in [3.8, 4) is 5.88 Å². The van der Waals surface area contributed by atoms with Crippen molar-refractivity contribution in [2.75, 3.05) is 5.32 Å². The predicted molar refractivity (Wildman–Crippen MR) is 116 cm³/mol. The topological polar surface area (TPSA) is 109 Å². The van der Waals surface area contributed by atoms with Crippen molar-refractivity contribution in [1.82, 2.24) is 9.55 Å². The second-order valence-corrected chi connectivity index (χ2v) is 6.93. The number of pyridine rings is 1. The Balaban J connectivity index is 1.62. The van der Waals surface area contributed by atoms with E-state index in [1.807, 2.05) is 31.2 Å². The molecule has 2 aromatic carbocycles. The number of aromatic nitrogens is 2. The third-order valence-electron chi connectivity index (χ3n) is 4.72. The van der Waals surface area contributed by atoms with Crippen LogP contribution in [0.25, 0.3) is 10.9 Å². The van der Waals surface area contributed by atoms with Gasteiger partial charge in [0, 0.05) is 29.0 Å². The number of fused-ring (bicyclic) bond motifs is 1. The van der Waals surface area contributed by atoms with E-state index in [1.165, 1.54) is 29.1 Å². The number of hydrogen-bond donors (Lipinski definition) is 2. The molecule has 0 aliphatic rings. The van der Waals surface area contributed by atoms with Crippen LogP contribution in [0.5, 0.6) is 5.88 Å². The molecule has 2 aromatic heterocycles. The first-order valence-corrected chi connectivity index (χ1v) is 9.56. The number of aromatic hydroxyl groups is 1. The van der Waals surface area contributed by atoms with E-state index in [4.69, 9.17) is 0 Å². The Morgan fingerprint density at radius 2 is 1.74 bits per heavy atom. The highest BCUT2D eigenvalue weighted by Gasteiger charge is 2.19. The lowest BCUT2D eigenvalue weighted by atomic mass is 10.2. The maximum atomic E-state index is 12.6. The zero-order valence-corrected chi connectivity index (χ0v) is 16.7. The fourth-order valence-electron chi connectivity index (χ4n) is 3.16. The van der Waals surface area contributed by atoms with Crippen LogP contribution in [0.3, 0.4) is 0 Å². The second-order valence-electron chi connectivity index (χ2n) is 6.93. The number of nitrogens with zero attached hydrogens (tertiary/aromatic N) is 4. The number of rotatable bonds is 5. The zero-order chi connectivity index (χ0) is 21.8. The molecule has 8 nitrogen and oxygen atoms in total. The summed E-state index contributed by atoms with van der Waals surface area (Å²) in [5, 5.41) is 21.9. The van der Waals surface area contributed by atoms with Gasteiger partial charge in [0.1, 0.15) is 6.54 Å². The minimum atomic E-state index is -0.559. The van der Waals surface area contributed by atoms with Crippen molar-refractivity contribution in [2.24, 2.45) is 10.2 Å². The molecule has 8 heteroatoms. The lowest BCUT2D eigenvalue weighted by molar-refractivity contribution is -0.116. The quantitative estimate of drug-likeness (QED) is 0.466. The fraction of sp³-hybridized carbons (Fsp3) is 0.0870.